The third-order valence-corrected chi connectivity index (χ3v) is 5.73. The molecule has 1 spiro atoms. The van der Waals surface area contributed by atoms with Crippen molar-refractivity contribution in [3.8, 4) is 5.88 Å². The van der Waals surface area contributed by atoms with Gasteiger partial charge in [-0.1, -0.05) is 6.07 Å². The van der Waals surface area contributed by atoms with Crippen LogP contribution in [0.5, 0.6) is 5.88 Å². The van der Waals surface area contributed by atoms with Crippen molar-refractivity contribution in [1.82, 2.24) is 9.88 Å². The number of aromatic nitrogens is 1. The first-order valence-electron chi connectivity index (χ1n) is 9.80. The molecule has 33 heavy (non-hydrogen) atoms. The molecule has 0 saturated carbocycles. The summed E-state index contributed by atoms with van der Waals surface area (Å²) in [6.07, 6.45) is 1.00. The highest BCUT2D eigenvalue weighted by atomic mass is 32.1. The minimum atomic E-state index is -5.08. The molecule has 7 nitrogen and oxygen atoms in total. The van der Waals surface area contributed by atoms with Crippen LogP contribution in [0.1, 0.15) is 17.7 Å². The van der Waals surface area contributed by atoms with E-state index in [1.165, 1.54) is 18.3 Å². The van der Waals surface area contributed by atoms with Crippen LogP contribution in [0.2, 0.25) is 0 Å². The van der Waals surface area contributed by atoms with Gasteiger partial charge in [-0.3, -0.25) is 4.79 Å². The highest BCUT2D eigenvalue weighted by Crippen LogP contribution is 2.36. The van der Waals surface area contributed by atoms with Crippen molar-refractivity contribution in [2.45, 2.75) is 30.7 Å². The molecule has 0 aromatic carbocycles. The molecule has 12 heteroatoms. The number of likely N-dealkylation sites (tertiary alicyclic amines) is 1. The Morgan fingerprint density at radius 2 is 2.03 bits per heavy atom. The molecule has 2 aliphatic heterocycles. The predicted molar refractivity (Wildman–Crippen MR) is 110 cm³/mol. The minimum absolute atomic E-state index is 0.0218. The van der Waals surface area contributed by atoms with Gasteiger partial charge < -0.3 is 19.5 Å². The first-order chi connectivity index (χ1) is 15.6. The zero-order valence-corrected chi connectivity index (χ0v) is 17.9. The van der Waals surface area contributed by atoms with Gasteiger partial charge in [-0.25, -0.2) is 14.2 Å². The number of rotatable bonds is 4. The number of hydrogen-bond donors (Lipinski definition) is 1. The highest BCUT2D eigenvalue weighted by molar-refractivity contribution is 7.10. The van der Waals surface area contributed by atoms with Crippen molar-refractivity contribution in [1.29, 1.82) is 0 Å². The van der Waals surface area contributed by atoms with E-state index >= 15 is 0 Å². The Balaban J connectivity index is 0.000000383. The molecule has 0 bridgehead atoms. The predicted octanol–water partition coefficient (Wildman–Crippen LogP) is 3.77. The lowest BCUT2D eigenvalue weighted by Crippen LogP contribution is -2.67. The monoisotopic (exact) mass is 488 g/mol. The van der Waals surface area contributed by atoms with E-state index in [1.807, 2.05) is 23.6 Å². The van der Waals surface area contributed by atoms with Crippen LogP contribution in [0.15, 0.2) is 41.9 Å². The van der Waals surface area contributed by atoms with Crippen molar-refractivity contribution in [2.24, 2.45) is 0 Å². The standard InChI is InChI=1S/C19H19FN2O3S.C2HF3O2/c20-16-4-1-8-21-18(16)25-14-7-9-24-19(11-14)12-22(13-19)17(23)6-5-15-3-2-10-26-15;3-2(4,5)1(6)7/h1-6,8,10,14H,7,9,11-13H2;(H,6,7)/b6-5+;. The smallest absolute Gasteiger partial charge is 0.475 e. The molecular weight excluding hydrogens is 468 g/mol. The Morgan fingerprint density at radius 1 is 1.30 bits per heavy atom. The fourth-order valence-electron chi connectivity index (χ4n) is 3.37. The zero-order chi connectivity index (χ0) is 24.1. The van der Waals surface area contributed by atoms with Crippen LogP contribution >= 0.6 is 11.3 Å². The lowest BCUT2D eigenvalue weighted by atomic mass is 9.84. The van der Waals surface area contributed by atoms with Gasteiger partial charge in [0.15, 0.2) is 5.82 Å². The molecule has 1 N–H and O–H groups in total. The SMILES string of the molecule is O=C(/C=C/c1cccs1)N1CC2(CC(Oc3ncccc3F)CCO2)C1.O=C(O)C(F)(F)F. The minimum Gasteiger partial charge on any atom is -0.475 e. The van der Waals surface area contributed by atoms with E-state index in [1.54, 1.807) is 22.3 Å². The number of carbonyl (C=O) groups excluding carboxylic acids is 1. The fourth-order valence-corrected chi connectivity index (χ4v) is 3.99. The largest absolute Gasteiger partial charge is 0.490 e. The average Bonchev–Trinajstić information content (AvgIpc) is 3.25. The van der Waals surface area contributed by atoms with E-state index < -0.39 is 18.0 Å². The number of ether oxygens (including phenoxy) is 2. The number of thiophene rings is 1. The summed E-state index contributed by atoms with van der Waals surface area (Å²) in [5.41, 5.74) is -0.388. The number of aliphatic carboxylic acids is 1. The molecule has 1 unspecified atom stereocenters. The van der Waals surface area contributed by atoms with Gasteiger partial charge in [-0.05, 0) is 29.7 Å². The van der Waals surface area contributed by atoms with Crippen LogP contribution in [0.25, 0.3) is 6.08 Å². The van der Waals surface area contributed by atoms with Crippen molar-refractivity contribution >= 4 is 29.3 Å². The number of carboxylic acids is 1. The maximum absolute atomic E-state index is 13.7. The molecule has 2 fully saturated rings. The van der Waals surface area contributed by atoms with Crippen molar-refractivity contribution in [2.75, 3.05) is 19.7 Å². The molecule has 2 saturated heterocycles. The summed E-state index contributed by atoms with van der Waals surface area (Å²) < 4.78 is 57.1. The maximum Gasteiger partial charge on any atom is 0.490 e. The number of alkyl halides is 3. The second-order valence-electron chi connectivity index (χ2n) is 7.40. The molecule has 0 aliphatic carbocycles. The molecule has 4 heterocycles. The van der Waals surface area contributed by atoms with Gasteiger partial charge in [0.1, 0.15) is 11.7 Å². The van der Waals surface area contributed by atoms with E-state index in [9.17, 15) is 22.4 Å². The fraction of sp³-hybridized carbons (Fsp3) is 0.381. The van der Waals surface area contributed by atoms with Crippen LogP contribution in [0, 0.1) is 5.82 Å². The highest BCUT2D eigenvalue weighted by Gasteiger charge is 2.49. The van der Waals surface area contributed by atoms with Gasteiger partial charge >= 0.3 is 12.1 Å². The topological polar surface area (TPSA) is 89.0 Å². The Labute approximate surface area is 190 Å². The second kappa shape index (κ2) is 10.3. The summed E-state index contributed by atoms with van der Waals surface area (Å²) in [6, 6.07) is 6.79. The number of nitrogens with zero attached hydrogens (tertiary/aromatic N) is 2. The Morgan fingerprint density at radius 3 is 2.64 bits per heavy atom. The van der Waals surface area contributed by atoms with Crippen LogP contribution < -0.4 is 4.74 Å². The molecule has 2 aromatic rings. The normalized spacial score (nSPS) is 19.5. The third kappa shape index (κ3) is 6.75. The van der Waals surface area contributed by atoms with Gasteiger partial charge in [0.25, 0.3) is 5.88 Å². The molecule has 1 amide bonds. The summed E-state index contributed by atoms with van der Waals surface area (Å²) in [4.78, 5) is 27.9. The summed E-state index contributed by atoms with van der Waals surface area (Å²) >= 11 is 1.59. The molecule has 178 valence electrons. The van der Waals surface area contributed by atoms with E-state index in [0.29, 0.717) is 32.5 Å². The van der Waals surface area contributed by atoms with Gasteiger partial charge in [0, 0.05) is 30.0 Å². The van der Waals surface area contributed by atoms with Crippen molar-refractivity contribution in [3.63, 3.8) is 0 Å². The van der Waals surface area contributed by atoms with E-state index in [4.69, 9.17) is 19.4 Å². The van der Waals surface area contributed by atoms with Crippen LogP contribution in [0.4, 0.5) is 17.6 Å². The average molecular weight is 488 g/mol. The molecule has 2 aromatic heterocycles. The van der Waals surface area contributed by atoms with Crippen molar-refractivity contribution < 1.29 is 41.7 Å². The van der Waals surface area contributed by atoms with Crippen molar-refractivity contribution in [3.05, 3.63) is 52.6 Å². The van der Waals surface area contributed by atoms with Gasteiger partial charge in [-0.15, -0.1) is 11.3 Å². The Kier molecular flexibility index (Phi) is 7.69. The lowest BCUT2D eigenvalue weighted by Gasteiger charge is -2.52. The number of carboxylic acid groups (broad SMARTS) is 1. The molecule has 4 rings (SSSR count). The lowest BCUT2D eigenvalue weighted by molar-refractivity contribution is -0.192. The number of amides is 1. The van der Waals surface area contributed by atoms with Crippen LogP contribution in [-0.4, -0.2) is 64.4 Å². The summed E-state index contributed by atoms with van der Waals surface area (Å²) in [7, 11) is 0. The first kappa shape index (κ1) is 24.6. The molecular formula is C21H20F4N2O5S. The number of carbonyl (C=O) groups is 2. The molecule has 2 aliphatic rings. The van der Waals surface area contributed by atoms with E-state index in [0.717, 1.165) is 4.88 Å². The first-order valence-corrected chi connectivity index (χ1v) is 10.7. The Hall–Kier alpha value is -2.99. The van der Waals surface area contributed by atoms with E-state index in [2.05, 4.69) is 4.98 Å². The van der Waals surface area contributed by atoms with Gasteiger partial charge in [-0.2, -0.15) is 13.2 Å². The quantitative estimate of drug-likeness (QED) is 0.521. The van der Waals surface area contributed by atoms with E-state index in [-0.39, 0.29) is 23.5 Å². The number of hydrogen-bond acceptors (Lipinski definition) is 6. The summed E-state index contributed by atoms with van der Waals surface area (Å²) in [6.45, 7) is 1.60. The molecule has 0 radical (unpaired) electrons. The second-order valence-corrected chi connectivity index (χ2v) is 8.38. The Bertz CT molecular complexity index is 991. The maximum atomic E-state index is 13.7. The van der Waals surface area contributed by atoms with Gasteiger partial charge in [0.05, 0.1) is 19.7 Å². The van der Waals surface area contributed by atoms with Crippen LogP contribution in [-0.2, 0) is 14.3 Å². The number of pyridine rings is 1. The van der Waals surface area contributed by atoms with Gasteiger partial charge in [0.2, 0.25) is 5.91 Å². The summed E-state index contributed by atoms with van der Waals surface area (Å²) in [5.74, 6) is -3.21. The molecule has 1 atom stereocenters. The third-order valence-electron chi connectivity index (χ3n) is 4.90. The number of halogens is 4. The zero-order valence-electron chi connectivity index (χ0n) is 17.1. The van der Waals surface area contributed by atoms with Crippen LogP contribution in [0.3, 0.4) is 0 Å². The summed E-state index contributed by atoms with van der Waals surface area (Å²) in [5, 5.41) is 9.10.